The van der Waals surface area contributed by atoms with Crippen LogP contribution in [0.1, 0.15) is 65.4 Å². The van der Waals surface area contributed by atoms with Crippen molar-refractivity contribution in [1.82, 2.24) is 42.5 Å². The highest BCUT2D eigenvalue weighted by Gasteiger charge is 2.37. The maximum atomic E-state index is 14.2. The number of phenolic OH excluding ortho intramolecular Hbond substituents is 1. The molecular weight excluding hydrogens is 959 g/mol. The number of primary amides is 1. The number of benzene rings is 1. The van der Waals surface area contributed by atoms with Crippen LogP contribution in [0.5, 0.6) is 5.75 Å². The molecule has 1 aromatic rings. The van der Waals surface area contributed by atoms with E-state index >= 15 is 0 Å². The Hall–Kier alpha value is -7.70. The zero-order valence-corrected chi connectivity index (χ0v) is 40.0. The maximum absolute atomic E-state index is 14.2. The van der Waals surface area contributed by atoms with Crippen molar-refractivity contribution in [1.29, 1.82) is 0 Å². The molecule has 0 aliphatic heterocycles. The van der Waals surface area contributed by atoms with Gasteiger partial charge in [-0.3, -0.25) is 52.9 Å². The summed E-state index contributed by atoms with van der Waals surface area (Å²) >= 11 is 0. The van der Waals surface area contributed by atoms with Gasteiger partial charge in [0.25, 0.3) is 0 Å². The molecule has 72 heavy (non-hydrogen) atoms. The van der Waals surface area contributed by atoms with Crippen LogP contribution in [0, 0.1) is 5.92 Å². The van der Waals surface area contributed by atoms with Crippen molar-refractivity contribution in [3.05, 3.63) is 29.8 Å². The number of aliphatic carboxylic acids is 2. The predicted octanol–water partition coefficient (Wildman–Crippen LogP) is -7.94. The van der Waals surface area contributed by atoms with Crippen molar-refractivity contribution in [3.63, 3.8) is 0 Å². The van der Waals surface area contributed by atoms with E-state index in [0.717, 1.165) is 6.92 Å². The molecule has 30 nitrogen and oxygen atoms in total. The Balaban J connectivity index is 3.45. The molecule has 0 saturated heterocycles. The van der Waals surface area contributed by atoms with Gasteiger partial charge < -0.3 is 96.1 Å². The minimum Gasteiger partial charge on any atom is -0.508 e. The molecule has 1 rings (SSSR count). The number of carbonyl (C=O) groups is 11. The number of nitrogens with one attached hydrogen (secondary N) is 8. The lowest BCUT2D eigenvalue weighted by Gasteiger charge is -2.30. The predicted molar refractivity (Wildman–Crippen MR) is 250 cm³/mol. The van der Waals surface area contributed by atoms with Crippen molar-refractivity contribution in [2.24, 2.45) is 33.8 Å². The zero-order chi connectivity index (χ0) is 55.0. The van der Waals surface area contributed by atoms with E-state index in [9.17, 15) is 83.4 Å². The number of carboxylic acids is 2. The molecule has 0 aromatic heterocycles. The third-order valence-electron chi connectivity index (χ3n) is 10.5. The number of nitrogens with two attached hydrogens (primary N) is 4. The molecule has 0 fully saturated rings. The normalized spacial score (nSPS) is 15.5. The molecule has 0 bridgehead atoms. The van der Waals surface area contributed by atoms with E-state index in [1.807, 2.05) is 10.6 Å². The highest BCUT2D eigenvalue weighted by molar-refractivity contribution is 5.99. The minimum absolute atomic E-state index is 0.0334. The fraction of sp³-hybridized carbons (Fsp3) is 0.571. The van der Waals surface area contributed by atoms with Crippen LogP contribution < -0.4 is 65.5 Å². The third-order valence-corrected chi connectivity index (χ3v) is 10.5. The Morgan fingerprint density at radius 2 is 1.01 bits per heavy atom. The first-order valence-electron chi connectivity index (χ1n) is 22.3. The topological polar surface area (TPSA) is 522 Å². The number of aliphatic hydroxyl groups excluding tert-OH is 3. The van der Waals surface area contributed by atoms with Gasteiger partial charge in [-0.25, -0.2) is 4.79 Å². The van der Waals surface area contributed by atoms with Crippen molar-refractivity contribution < 1.29 is 83.4 Å². The summed E-state index contributed by atoms with van der Waals surface area (Å²) in [5, 5.41) is 76.9. The number of aliphatic imine (C=N–C) groups is 1. The summed E-state index contributed by atoms with van der Waals surface area (Å²) in [5.41, 5.74) is 21.7. The van der Waals surface area contributed by atoms with Crippen LogP contribution in [-0.2, 0) is 59.2 Å². The first-order chi connectivity index (χ1) is 33.6. The average molecular weight is 1030 g/mol. The quantitative estimate of drug-likeness (QED) is 0.0181. The third kappa shape index (κ3) is 21.9. The number of carboxylic acid groups (broad SMARTS) is 2. The number of rotatable bonds is 32. The van der Waals surface area contributed by atoms with Gasteiger partial charge in [-0.15, -0.1) is 0 Å². The van der Waals surface area contributed by atoms with Crippen LogP contribution >= 0.6 is 0 Å². The second kappa shape index (κ2) is 30.8. The lowest BCUT2D eigenvalue weighted by atomic mass is 9.96. The van der Waals surface area contributed by atoms with Crippen LogP contribution in [0.25, 0.3) is 0 Å². The molecule has 22 N–H and O–H groups in total. The van der Waals surface area contributed by atoms with E-state index < -0.39 is 158 Å². The van der Waals surface area contributed by atoms with Crippen molar-refractivity contribution in [2.45, 2.75) is 127 Å². The number of hydrogen-bond donors (Lipinski definition) is 18. The van der Waals surface area contributed by atoms with Crippen LogP contribution in [-0.4, -0.2) is 182 Å². The Morgan fingerprint density at radius 1 is 0.583 bits per heavy atom. The highest BCUT2D eigenvalue weighted by atomic mass is 16.4. The molecule has 9 amide bonds. The lowest BCUT2D eigenvalue weighted by Crippen LogP contribution is -2.62. The SMILES string of the molecule is CC[C@H](C)[C@H](NC(=O)[C@H](Cc1ccc(O)cc1)NC(=O)[C@H](CC(N)=O)NC(=O)[C@H](CO)NC(=O)[C@H](CO)NC(=O)[C@H](CC(=O)O)NC(=O)[C@@H](C)N)C(=O)N[C@H](C(=O)N[C@@H](CCCN=C(N)N)C(=O)O)[C@@H](C)O. The van der Waals surface area contributed by atoms with Gasteiger partial charge in [0.2, 0.25) is 53.2 Å². The number of carbonyl (C=O) groups excluding carboxylic acids is 9. The van der Waals surface area contributed by atoms with E-state index in [1.165, 1.54) is 38.1 Å². The van der Waals surface area contributed by atoms with Gasteiger partial charge in [-0.1, -0.05) is 32.4 Å². The van der Waals surface area contributed by atoms with Gasteiger partial charge in [-0.2, -0.15) is 0 Å². The maximum Gasteiger partial charge on any atom is 0.326 e. The monoisotopic (exact) mass is 1030 g/mol. The molecule has 11 atom stereocenters. The number of guanidine groups is 1. The Kier molecular flexibility index (Phi) is 26.7. The van der Waals surface area contributed by atoms with E-state index in [0.29, 0.717) is 5.56 Å². The number of aromatic hydroxyl groups is 1. The largest absolute Gasteiger partial charge is 0.508 e. The molecule has 0 spiro atoms. The first-order valence-corrected chi connectivity index (χ1v) is 22.3. The molecule has 30 heteroatoms. The van der Waals surface area contributed by atoms with Crippen molar-refractivity contribution in [3.8, 4) is 5.75 Å². The van der Waals surface area contributed by atoms with Crippen LogP contribution in [0.2, 0.25) is 0 Å². The summed E-state index contributed by atoms with van der Waals surface area (Å²) in [6, 6.07) is -10.0. The second-order valence-electron chi connectivity index (χ2n) is 16.5. The first kappa shape index (κ1) is 62.3. The summed E-state index contributed by atoms with van der Waals surface area (Å²) in [5.74, 6) is -14.7. The van der Waals surface area contributed by atoms with Gasteiger partial charge in [0.1, 0.15) is 54.1 Å². The summed E-state index contributed by atoms with van der Waals surface area (Å²) in [6.45, 7) is 3.23. The van der Waals surface area contributed by atoms with Crippen LogP contribution in [0.15, 0.2) is 29.3 Å². The number of amides is 9. The summed E-state index contributed by atoms with van der Waals surface area (Å²) in [7, 11) is 0. The lowest BCUT2D eigenvalue weighted by molar-refractivity contribution is -0.143. The number of hydrogen-bond acceptors (Lipinski definition) is 17. The van der Waals surface area contributed by atoms with Gasteiger partial charge in [0.15, 0.2) is 5.96 Å². The second-order valence-corrected chi connectivity index (χ2v) is 16.5. The van der Waals surface area contributed by atoms with Crippen molar-refractivity contribution >= 4 is 71.1 Å². The summed E-state index contributed by atoms with van der Waals surface area (Å²) in [6.07, 6.45) is -3.74. The molecule has 0 radical (unpaired) electrons. The molecule has 0 saturated carbocycles. The molecule has 0 aliphatic carbocycles. The van der Waals surface area contributed by atoms with Gasteiger partial charge in [-0.05, 0) is 50.3 Å². The molecule has 0 unspecified atom stereocenters. The molecule has 1 aromatic carbocycles. The van der Waals surface area contributed by atoms with Crippen LogP contribution in [0.3, 0.4) is 0 Å². The van der Waals surface area contributed by atoms with Crippen molar-refractivity contribution in [2.75, 3.05) is 19.8 Å². The highest BCUT2D eigenvalue weighted by Crippen LogP contribution is 2.14. The zero-order valence-electron chi connectivity index (χ0n) is 40.0. The Morgan fingerprint density at radius 3 is 1.46 bits per heavy atom. The Bertz CT molecular complexity index is 2100. The summed E-state index contributed by atoms with van der Waals surface area (Å²) < 4.78 is 0. The standard InChI is InChI=1S/C42H67N13O17/c1-5-18(2)31(39(69)55-32(20(4)58)40(70)48-23(41(71)72)7-6-12-47-42(45)46)54-36(66)24(13-21-8-10-22(59)11-9-21)50-34(64)25(14-29(44)60)51-37(67)27(16-56)53-38(68)28(17-57)52-35(65)26(15-30(61)62)49-33(63)19(3)43/h8-11,18-20,23-28,31-32,56-59H,5-7,12-17,43H2,1-4H3,(H2,44,60)(H,48,70)(H,49,63)(H,50,64)(H,51,67)(H,52,65)(H,53,68)(H,54,66)(H,55,69)(H,61,62)(H,71,72)(H4,45,46,47)/t18-,19+,20+,23-,24-,25-,26-,27-,28-,31-,32-/m0/s1. The van der Waals surface area contributed by atoms with E-state index in [-0.39, 0.29) is 43.9 Å². The molecule has 0 heterocycles. The average Bonchev–Trinajstić information content (AvgIpc) is 3.30. The fourth-order valence-corrected chi connectivity index (χ4v) is 6.28. The summed E-state index contributed by atoms with van der Waals surface area (Å²) in [4.78, 5) is 146. The fourth-order valence-electron chi connectivity index (χ4n) is 6.28. The number of nitrogens with zero attached hydrogens (tertiary/aromatic N) is 1. The van der Waals surface area contributed by atoms with E-state index in [4.69, 9.17) is 22.9 Å². The van der Waals surface area contributed by atoms with Gasteiger partial charge in [0, 0.05) is 13.0 Å². The molecule has 402 valence electrons. The molecular formula is C42H67N13O17. The van der Waals surface area contributed by atoms with E-state index in [2.05, 4.69) is 36.9 Å². The molecule has 0 aliphatic rings. The van der Waals surface area contributed by atoms with Crippen LogP contribution in [0.4, 0.5) is 0 Å². The Labute approximate surface area is 412 Å². The smallest absolute Gasteiger partial charge is 0.326 e. The minimum atomic E-state index is -1.98. The van der Waals surface area contributed by atoms with Gasteiger partial charge in [0.05, 0.1) is 38.2 Å². The number of phenols is 1. The number of aliphatic hydroxyl groups is 3. The van der Waals surface area contributed by atoms with Gasteiger partial charge >= 0.3 is 11.9 Å². The van der Waals surface area contributed by atoms with E-state index in [1.54, 1.807) is 6.92 Å².